The molecule has 1 amide bonds. The third kappa shape index (κ3) is 2.54. The lowest BCUT2D eigenvalue weighted by molar-refractivity contribution is 0.0868. The average molecular weight is 273 g/mol. The molecule has 5 nitrogen and oxygen atoms in total. The second-order valence-corrected chi connectivity index (χ2v) is 5.52. The van der Waals surface area contributed by atoms with Crippen molar-refractivity contribution in [2.24, 2.45) is 7.05 Å². The molecule has 3 rings (SSSR count). The maximum absolute atomic E-state index is 12.3. The average Bonchev–Trinajstić information content (AvgIpc) is 2.82. The van der Waals surface area contributed by atoms with Gasteiger partial charge in [0.25, 0.3) is 5.91 Å². The van der Waals surface area contributed by atoms with Gasteiger partial charge in [0.05, 0.1) is 17.8 Å². The molecule has 2 aromatic rings. The van der Waals surface area contributed by atoms with Crippen LogP contribution in [0.15, 0.2) is 24.4 Å². The van der Waals surface area contributed by atoms with Crippen LogP contribution in [0.3, 0.4) is 0 Å². The Morgan fingerprint density at radius 3 is 2.85 bits per heavy atom. The van der Waals surface area contributed by atoms with E-state index >= 15 is 0 Å². The van der Waals surface area contributed by atoms with Gasteiger partial charge in [-0.25, -0.2) is 0 Å². The van der Waals surface area contributed by atoms with Crippen molar-refractivity contribution >= 4 is 16.8 Å². The van der Waals surface area contributed by atoms with Crippen LogP contribution >= 0.6 is 0 Å². The highest BCUT2D eigenvalue weighted by Gasteiger charge is 2.21. The number of nitrogens with one attached hydrogen (secondary N) is 1. The standard InChI is InChI=1S/C15H19N3O2/c1-18-14-8-10(2-3-11(14)9-16-18)15(20)17-12-4-6-13(19)7-5-12/h2-3,8-9,12-13,19H,4-7H2,1H3,(H,17,20). The van der Waals surface area contributed by atoms with Gasteiger partial charge in [-0.15, -0.1) is 0 Å². The van der Waals surface area contributed by atoms with Gasteiger partial charge in [0.15, 0.2) is 0 Å². The second kappa shape index (κ2) is 5.25. The SMILES string of the molecule is Cn1ncc2ccc(C(=O)NC3CCC(O)CC3)cc21. The molecule has 0 radical (unpaired) electrons. The first-order chi connectivity index (χ1) is 9.63. The van der Waals surface area contributed by atoms with Crippen LogP contribution in [0.5, 0.6) is 0 Å². The Bertz CT molecular complexity index is 627. The monoisotopic (exact) mass is 273 g/mol. The lowest BCUT2D eigenvalue weighted by atomic mass is 9.93. The Morgan fingerprint density at radius 1 is 1.35 bits per heavy atom. The van der Waals surface area contributed by atoms with Gasteiger partial charge in [0.1, 0.15) is 0 Å². The summed E-state index contributed by atoms with van der Waals surface area (Å²) in [6, 6.07) is 5.79. The van der Waals surface area contributed by atoms with Crippen molar-refractivity contribution in [2.45, 2.75) is 37.8 Å². The molecule has 1 aliphatic rings. The summed E-state index contributed by atoms with van der Waals surface area (Å²) in [5.41, 5.74) is 1.61. The highest BCUT2D eigenvalue weighted by molar-refractivity contribution is 5.97. The largest absolute Gasteiger partial charge is 0.393 e. The number of aliphatic hydroxyl groups excluding tert-OH is 1. The van der Waals surface area contributed by atoms with E-state index in [9.17, 15) is 9.90 Å². The van der Waals surface area contributed by atoms with Crippen molar-refractivity contribution in [2.75, 3.05) is 0 Å². The van der Waals surface area contributed by atoms with Crippen LogP contribution in [0, 0.1) is 0 Å². The first kappa shape index (κ1) is 13.1. The molecule has 0 aliphatic heterocycles. The fourth-order valence-electron chi connectivity index (χ4n) is 2.77. The van der Waals surface area contributed by atoms with Crippen molar-refractivity contribution < 1.29 is 9.90 Å². The van der Waals surface area contributed by atoms with Crippen LogP contribution in [0.1, 0.15) is 36.0 Å². The molecule has 5 heteroatoms. The third-order valence-corrected chi connectivity index (χ3v) is 4.04. The van der Waals surface area contributed by atoms with Gasteiger partial charge in [-0.2, -0.15) is 5.10 Å². The normalized spacial score (nSPS) is 22.9. The summed E-state index contributed by atoms with van der Waals surface area (Å²) in [5, 5.41) is 17.7. The minimum atomic E-state index is -0.200. The Kier molecular flexibility index (Phi) is 3.44. The van der Waals surface area contributed by atoms with Crippen LogP contribution in [0.25, 0.3) is 10.9 Å². The van der Waals surface area contributed by atoms with Gasteiger partial charge in [-0.3, -0.25) is 9.48 Å². The van der Waals surface area contributed by atoms with Gasteiger partial charge < -0.3 is 10.4 Å². The molecule has 0 atom stereocenters. The Hall–Kier alpha value is -1.88. The van der Waals surface area contributed by atoms with Crippen LogP contribution < -0.4 is 5.32 Å². The lowest BCUT2D eigenvalue weighted by Crippen LogP contribution is -2.38. The first-order valence-corrected chi connectivity index (χ1v) is 7.04. The van der Waals surface area contributed by atoms with Crippen molar-refractivity contribution in [1.29, 1.82) is 0 Å². The molecule has 1 aliphatic carbocycles. The first-order valence-electron chi connectivity index (χ1n) is 7.04. The quantitative estimate of drug-likeness (QED) is 0.873. The number of benzene rings is 1. The van der Waals surface area contributed by atoms with Crippen LogP contribution in [-0.4, -0.2) is 32.9 Å². The fraction of sp³-hybridized carbons (Fsp3) is 0.467. The van der Waals surface area contributed by atoms with Gasteiger partial charge >= 0.3 is 0 Å². The van der Waals surface area contributed by atoms with Gasteiger partial charge in [-0.1, -0.05) is 6.07 Å². The molecule has 0 unspecified atom stereocenters. The molecule has 1 aromatic carbocycles. The van der Waals surface area contributed by atoms with E-state index in [1.807, 2.05) is 25.2 Å². The fourth-order valence-corrected chi connectivity index (χ4v) is 2.77. The predicted molar refractivity (Wildman–Crippen MR) is 76.4 cm³/mol. The number of aliphatic hydroxyl groups is 1. The summed E-state index contributed by atoms with van der Waals surface area (Å²) in [4.78, 5) is 12.3. The number of hydrogen-bond acceptors (Lipinski definition) is 3. The zero-order valence-corrected chi connectivity index (χ0v) is 11.5. The summed E-state index contributed by atoms with van der Waals surface area (Å²) in [5.74, 6) is -0.0468. The van der Waals surface area contributed by atoms with E-state index < -0.39 is 0 Å². The second-order valence-electron chi connectivity index (χ2n) is 5.52. The van der Waals surface area contributed by atoms with Crippen molar-refractivity contribution in [3.05, 3.63) is 30.0 Å². The summed E-state index contributed by atoms with van der Waals surface area (Å²) >= 11 is 0. The molecule has 1 saturated carbocycles. The zero-order valence-electron chi connectivity index (χ0n) is 11.5. The number of rotatable bonds is 2. The molecule has 2 N–H and O–H groups in total. The third-order valence-electron chi connectivity index (χ3n) is 4.04. The molecular weight excluding hydrogens is 254 g/mol. The van der Waals surface area contributed by atoms with E-state index in [0.717, 1.165) is 36.6 Å². The molecule has 0 bridgehead atoms. The molecule has 0 saturated heterocycles. The number of aryl methyl sites for hydroxylation is 1. The minimum Gasteiger partial charge on any atom is -0.393 e. The smallest absolute Gasteiger partial charge is 0.251 e. The van der Waals surface area contributed by atoms with Crippen molar-refractivity contribution in [3.63, 3.8) is 0 Å². The van der Waals surface area contributed by atoms with E-state index in [-0.39, 0.29) is 18.1 Å². The molecule has 0 spiro atoms. The molecule has 1 fully saturated rings. The molecule has 20 heavy (non-hydrogen) atoms. The van der Waals surface area contributed by atoms with Crippen LogP contribution in [0.4, 0.5) is 0 Å². The van der Waals surface area contributed by atoms with E-state index in [4.69, 9.17) is 0 Å². The van der Waals surface area contributed by atoms with Gasteiger partial charge in [-0.05, 0) is 37.8 Å². The van der Waals surface area contributed by atoms with E-state index in [2.05, 4.69) is 10.4 Å². The maximum atomic E-state index is 12.3. The number of amides is 1. The number of carbonyl (C=O) groups is 1. The van der Waals surface area contributed by atoms with Gasteiger partial charge in [0.2, 0.25) is 0 Å². The van der Waals surface area contributed by atoms with Crippen molar-refractivity contribution in [1.82, 2.24) is 15.1 Å². The maximum Gasteiger partial charge on any atom is 0.251 e. The summed E-state index contributed by atoms with van der Waals surface area (Å²) in [6.07, 6.45) is 4.83. The molecule has 1 aromatic heterocycles. The lowest BCUT2D eigenvalue weighted by Gasteiger charge is -2.26. The summed E-state index contributed by atoms with van der Waals surface area (Å²) in [7, 11) is 1.87. The molecular formula is C15H19N3O2. The van der Waals surface area contributed by atoms with E-state index in [1.54, 1.807) is 10.9 Å². The van der Waals surface area contributed by atoms with Crippen LogP contribution in [0.2, 0.25) is 0 Å². The summed E-state index contributed by atoms with van der Waals surface area (Å²) < 4.78 is 1.77. The minimum absolute atomic E-state index is 0.0468. The summed E-state index contributed by atoms with van der Waals surface area (Å²) in [6.45, 7) is 0. The number of carbonyl (C=O) groups excluding carboxylic acids is 1. The highest BCUT2D eigenvalue weighted by Crippen LogP contribution is 2.19. The van der Waals surface area contributed by atoms with E-state index in [0.29, 0.717) is 5.56 Å². The Balaban J connectivity index is 1.73. The predicted octanol–water partition coefficient (Wildman–Crippen LogP) is 1.61. The van der Waals surface area contributed by atoms with Gasteiger partial charge in [0, 0.05) is 24.0 Å². The Labute approximate surface area is 117 Å². The van der Waals surface area contributed by atoms with Crippen LogP contribution in [-0.2, 0) is 7.05 Å². The zero-order chi connectivity index (χ0) is 14.1. The molecule has 1 heterocycles. The Morgan fingerprint density at radius 2 is 2.10 bits per heavy atom. The highest BCUT2D eigenvalue weighted by atomic mass is 16.3. The number of nitrogens with zero attached hydrogens (tertiary/aromatic N) is 2. The number of fused-ring (bicyclic) bond motifs is 1. The molecule has 106 valence electrons. The van der Waals surface area contributed by atoms with E-state index in [1.165, 1.54) is 0 Å². The van der Waals surface area contributed by atoms with Crippen molar-refractivity contribution in [3.8, 4) is 0 Å². The number of aromatic nitrogens is 2. The topological polar surface area (TPSA) is 67.2 Å². The number of hydrogen-bond donors (Lipinski definition) is 2.